The van der Waals surface area contributed by atoms with Gasteiger partial charge >= 0.3 is 5.97 Å². The number of hydrogen-bond donors (Lipinski definition) is 2. The van der Waals surface area contributed by atoms with Gasteiger partial charge in [-0.15, -0.1) is 0 Å². The molecule has 0 amide bonds. The lowest BCUT2D eigenvalue weighted by Gasteiger charge is -2.16. The van der Waals surface area contributed by atoms with E-state index in [0.29, 0.717) is 18.0 Å². The van der Waals surface area contributed by atoms with E-state index in [-0.39, 0.29) is 18.0 Å². The van der Waals surface area contributed by atoms with Crippen molar-refractivity contribution in [3.63, 3.8) is 0 Å². The van der Waals surface area contributed by atoms with E-state index in [9.17, 15) is 14.3 Å². The quantitative estimate of drug-likeness (QED) is 0.432. The fourth-order valence-electron chi connectivity index (χ4n) is 2.86. The molecule has 2 N–H and O–H groups in total. The first-order valence-electron chi connectivity index (χ1n) is 9.19. The summed E-state index contributed by atoms with van der Waals surface area (Å²) >= 11 is 3.56. The topological polar surface area (TPSA) is 67.8 Å². The number of methoxy groups -OCH3 is 1. The summed E-state index contributed by atoms with van der Waals surface area (Å²) in [4.78, 5) is 11.2. The van der Waals surface area contributed by atoms with Gasteiger partial charge in [-0.3, -0.25) is 0 Å². The van der Waals surface area contributed by atoms with Gasteiger partial charge < -0.3 is 19.9 Å². The third-order valence-corrected chi connectivity index (χ3v) is 5.33. The summed E-state index contributed by atoms with van der Waals surface area (Å²) in [7, 11) is 1.56. The molecular weight excluding hydrogens is 453 g/mol. The second kappa shape index (κ2) is 9.63. The van der Waals surface area contributed by atoms with Crippen LogP contribution in [0.1, 0.15) is 27.0 Å². The lowest BCUT2D eigenvalue weighted by Crippen LogP contribution is -2.05. The van der Waals surface area contributed by atoms with Crippen molar-refractivity contribution in [3.8, 4) is 11.5 Å². The zero-order valence-corrected chi connectivity index (χ0v) is 18.1. The molecule has 0 aliphatic rings. The van der Waals surface area contributed by atoms with Crippen LogP contribution in [-0.2, 0) is 13.2 Å². The van der Waals surface area contributed by atoms with Gasteiger partial charge in [0.05, 0.1) is 12.7 Å². The van der Waals surface area contributed by atoms with Crippen molar-refractivity contribution >= 4 is 27.6 Å². The summed E-state index contributed by atoms with van der Waals surface area (Å²) in [5, 5.41) is 12.5. The second-order valence-corrected chi connectivity index (χ2v) is 7.55. The maximum Gasteiger partial charge on any atom is 0.335 e. The first kappa shape index (κ1) is 21.6. The van der Waals surface area contributed by atoms with Crippen molar-refractivity contribution in [3.05, 3.63) is 87.1 Å². The number of aryl methyl sites for hydroxylation is 1. The van der Waals surface area contributed by atoms with E-state index in [2.05, 4.69) is 21.2 Å². The average molecular weight is 474 g/mol. The Morgan fingerprint density at radius 1 is 1.10 bits per heavy atom. The predicted octanol–water partition coefficient (Wildman–Crippen LogP) is 5.79. The van der Waals surface area contributed by atoms with Crippen molar-refractivity contribution in [1.29, 1.82) is 0 Å². The van der Waals surface area contributed by atoms with Crippen LogP contribution >= 0.6 is 15.9 Å². The molecule has 0 unspecified atom stereocenters. The highest BCUT2D eigenvalue weighted by molar-refractivity contribution is 9.10. The van der Waals surface area contributed by atoms with Gasteiger partial charge in [-0.25, -0.2) is 9.18 Å². The number of anilines is 1. The zero-order chi connectivity index (χ0) is 21.7. The molecule has 0 aromatic heterocycles. The van der Waals surface area contributed by atoms with Gasteiger partial charge in [0.15, 0.2) is 11.5 Å². The number of hydrogen-bond acceptors (Lipinski definition) is 4. The molecule has 0 radical (unpaired) electrons. The monoisotopic (exact) mass is 473 g/mol. The summed E-state index contributed by atoms with van der Waals surface area (Å²) in [6, 6.07) is 14.8. The average Bonchev–Trinajstić information content (AvgIpc) is 2.73. The molecule has 0 heterocycles. The summed E-state index contributed by atoms with van der Waals surface area (Å²) in [5.74, 6) is -0.141. The predicted molar refractivity (Wildman–Crippen MR) is 117 cm³/mol. The van der Waals surface area contributed by atoms with Gasteiger partial charge in [0, 0.05) is 16.7 Å². The first-order valence-corrected chi connectivity index (χ1v) is 9.98. The van der Waals surface area contributed by atoms with Crippen LogP contribution in [0.4, 0.5) is 10.1 Å². The minimum absolute atomic E-state index is 0.226. The number of carboxylic acid groups (broad SMARTS) is 1. The minimum Gasteiger partial charge on any atom is -0.493 e. The Morgan fingerprint density at radius 3 is 2.50 bits per heavy atom. The molecule has 3 aromatic rings. The fraction of sp³-hybridized carbons (Fsp3) is 0.174. The lowest BCUT2D eigenvalue weighted by atomic mass is 10.1. The first-order chi connectivity index (χ1) is 14.4. The van der Waals surface area contributed by atoms with Crippen molar-refractivity contribution in [2.24, 2.45) is 0 Å². The maximum absolute atomic E-state index is 13.0. The number of rotatable bonds is 8. The van der Waals surface area contributed by atoms with Gasteiger partial charge in [0.25, 0.3) is 0 Å². The highest BCUT2D eigenvalue weighted by atomic mass is 79.9. The standard InChI is InChI=1S/C23H21BrFNO4/c1-14-3-6-16(23(27)28)9-20(14)26-12-17-10-21(29-2)22(11-19(17)24)30-13-15-4-7-18(25)8-5-15/h3-11,26H,12-13H2,1-2H3,(H,27,28). The Balaban J connectivity index is 1.74. The molecule has 0 spiro atoms. The number of halogens is 2. The van der Waals surface area contributed by atoms with Crippen molar-refractivity contribution < 1.29 is 23.8 Å². The van der Waals surface area contributed by atoms with Crippen LogP contribution in [0.5, 0.6) is 11.5 Å². The molecule has 0 saturated carbocycles. The Kier molecular flexibility index (Phi) is 6.95. The van der Waals surface area contributed by atoms with Crippen molar-refractivity contribution in [2.75, 3.05) is 12.4 Å². The lowest BCUT2D eigenvalue weighted by molar-refractivity contribution is 0.0697. The molecule has 0 aliphatic carbocycles. The van der Waals surface area contributed by atoms with Crippen LogP contribution in [0.15, 0.2) is 59.1 Å². The molecule has 3 aromatic carbocycles. The van der Waals surface area contributed by atoms with Crippen LogP contribution in [0.3, 0.4) is 0 Å². The van der Waals surface area contributed by atoms with Gasteiger partial charge in [-0.1, -0.05) is 34.1 Å². The van der Waals surface area contributed by atoms with Crippen molar-refractivity contribution in [1.82, 2.24) is 0 Å². The third kappa shape index (κ3) is 5.30. The Hall–Kier alpha value is -3.06. The van der Waals surface area contributed by atoms with Crippen LogP contribution < -0.4 is 14.8 Å². The van der Waals surface area contributed by atoms with Crippen LogP contribution in [0, 0.1) is 12.7 Å². The van der Waals surface area contributed by atoms with E-state index >= 15 is 0 Å². The van der Waals surface area contributed by atoms with E-state index in [1.165, 1.54) is 12.1 Å². The Bertz CT molecular complexity index is 1050. The molecular formula is C23H21BrFNO4. The van der Waals surface area contributed by atoms with Crippen LogP contribution in [0.25, 0.3) is 0 Å². The van der Waals surface area contributed by atoms with E-state index in [1.54, 1.807) is 37.4 Å². The number of nitrogens with one attached hydrogen (secondary N) is 1. The van der Waals surface area contributed by atoms with Gasteiger partial charge in [-0.2, -0.15) is 0 Å². The highest BCUT2D eigenvalue weighted by Gasteiger charge is 2.12. The molecule has 0 saturated heterocycles. The molecule has 0 atom stereocenters. The van der Waals surface area contributed by atoms with Crippen LogP contribution in [-0.4, -0.2) is 18.2 Å². The van der Waals surface area contributed by atoms with E-state index < -0.39 is 5.97 Å². The Morgan fingerprint density at radius 2 is 1.83 bits per heavy atom. The van der Waals surface area contributed by atoms with E-state index in [4.69, 9.17) is 9.47 Å². The van der Waals surface area contributed by atoms with Crippen molar-refractivity contribution in [2.45, 2.75) is 20.1 Å². The van der Waals surface area contributed by atoms with Gasteiger partial charge in [0.2, 0.25) is 0 Å². The Labute approximate surface area is 182 Å². The summed E-state index contributed by atoms with van der Waals surface area (Å²) < 4.78 is 25.2. The summed E-state index contributed by atoms with van der Waals surface area (Å²) in [6.45, 7) is 2.65. The van der Waals surface area contributed by atoms with Gasteiger partial charge in [-0.05, 0) is 60.0 Å². The fourth-order valence-corrected chi connectivity index (χ4v) is 3.33. The van der Waals surface area contributed by atoms with Crippen LogP contribution in [0.2, 0.25) is 0 Å². The normalized spacial score (nSPS) is 10.5. The summed E-state index contributed by atoms with van der Waals surface area (Å²) in [5.41, 5.74) is 3.68. The SMILES string of the molecule is COc1cc(CNc2cc(C(=O)O)ccc2C)c(Br)cc1OCc1ccc(F)cc1. The molecule has 30 heavy (non-hydrogen) atoms. The number of carbonyl (C=O) groups is 1. The number of benzene rings is 3. The molecule has 0 bridgehead atoms. The molecule has 5 nitrogen and oxygen atoms in total. The zero-order valence-electron chi connectivity index (χ0n) is 16.5. The largest absolute Gasteiger partial charge is 0.493 e. The molecule has 156 valence electrons. The van der Waals surface area contributed by atoms with E-state index in [1.807, 2.05) is 19.1 Å². The minimum atomic E-state index is -0.969. The third-order valence-electron chi connectivity index (χ3n) is 4.59. The smallest absolute Gasteiger partial charge is 0.335 e. The molecule has 0 fully saturated rings. The maximum atomic E-state index is 13.0. The highest BCUT2D eigenvalue weighted by Crippen LogP contribution is 2.34. The number of carboxylic acids is 1. The molecule has 7 heteroatoms. The molecule has 0 aliphatic heterocycles. The van der Waals surface area contributed by atoms with Gasteiger partial charge in [0.1, 0.15) is 12.4 Å². The van der Waals surface area contributed by atoms with E-state index in [0.717, 1.165) is 26.9 Å². The summed E-state index contributed by atoms with van der Waals surface area (Å²) in [6.07, 6.45) is 0. The second-order valence-electron chi connectivity index (χ2n) is 6.70. The number of ether oxygens (including phenoxy) is 2. The number of aromatic carboxylic acids is 1. The molecule has 3 rings (SSSR count).